The minimum absolute atomic E-state index is 0.0141. The first kappa shape index (κ1) is 18.3. The van der Waals surface area contributed by atoms with Gasteiger partial charge in [-0.05, 0) is 24.3 Å². The van der Waals surface area contributed by atoms with Crippen molar-refractivity contribution in [2.24, 2.45) is 0 Å². The number of carbonyl (C=O) groups excluding carboxylic acids is 1. The fourth-order valence-electron chi connectivity index (χ4n) is 2.34. The van der Waals surface area contributed by atoms with Crippen molar-refractivity contribution in [3.63, 3.8) is 0 Å². The van der Waals surface area contributed by atoms with Crippen molar-refractivity contribution in [2.75, 3.05) is 20.3 Å². The topological polar surface area (TPSA) is 85.8 Å². The Morgan fingerprint density at radius 2 is 2.04 bits per heavy atom. The molecule has 2 heterocycles. The molecule has 1 aliphatic heterocycles. The number of carbonyl (C=O) groups is 1. The van der Waals surface area contributed by atoms with Gasteiger partial charge in [-0.15, -0.1) is 0 Å². The van der Waals surface area contributed by atoms with Gasteiger partial charge < -0.3 is 9.15 Å². The Labute approximate surface area is 158 Å². The van der Waals surface area contributed by atoms with Crippen LogP contribution in [0.15, 0.2) is 45.7 Å². The predicted molar refractivity (Wildman–Crippen MR) is 103 cm³/mol. The Balaban J connectivity index is 1.78. The van der Waals surface area contributed by atoms with E-state index in [1.807, 2.05) is 0 Å². The van der Waals surface area contributed by atoms with E-state index in [-0.39, 0.29) is 11.6 Å². The first-order valence-corrected chi connectivity index (χ1v) is 8.81. The molecule has 134 valence electrons. The lowest BCUT2D eigenvalue weighted by Gasteiger charge is -2.12. The van der Waals surface area contributed by atoms with Crippen LogP contribution >= 0.6 is 24.0 Å². The van der Waals surface area contributed by atoms with Crippen LogP contribution < -0.4 is 0 Å². The Bertz CT molecular complexity index is 889. The number of furan rings is 1. The molecular formula is C17H14N2O5S2. The second-order valence-electron chi connectivity index (χ2n) is 5.33. The van der Waals surface area contributed by atoms with E-state index < -0.39 is 4.92 Å². The van der Waals surface area contributed by atoms with Crippen molar-refractivity contribution < 1.29 is 18.9 Å². The van der Waals surface area contributed by atoms with Gasteiger partial charge in [-0.25, -0.2) is 0 Å². The predicted octanol–water partition coefficient (Wildman–Crippen LogP) is 3.70. The van der Waals surface area contributed by atoms with Gasteiger partial charge in [-0.1, -0.05) is 24.0 Å². The molecule has 1 amide bonds. The quantitative estimate of drug-likeness (QED) is 0.322. The summed E-state index contributed by atoms with van der Waals surface area (Å²) in [6.45, 7) is 0.815. The van der Waals surface area contributed by atoms with Crippen LogP contribution in [0.25, 0.3) is 17.4 Å². The fourth-order valence-corrected chi connectivity index (χ4v) is 3.63. The number of nitrogens with zero attached hydrogens (tertiary/aromatic N) is 2. The third-order valence-electron chi connectivity index (χ3n) is 3.66. The molecule has 9 heteroatoms. The van der Waals surface area contributed by atoms with E-state index in [0.29, 0.717) is 39.5 Å². The number of benzene rings is 1. The number of thiocarbonyl (C=S) groups is 1. The third kappa shape index (κ3) is 3.85. The zero-order chi connectivity index (χ0) is 18.7. The summed E-state index contributed by atoms with van der Waals surface area (Å²) in [7, 11) is 1.57. The highest BCUT2D eigenvalue weighted by Gasteiger charge is 2.31. The van der Waals surface area contributed by atoms with Gasteiger partial charge in [0.15, 0.2) is 0 Å². The summed E-state index contributed by atoms with van der Waals surface area (Å²) in [6, 6.07) is 9.55. The third-order valence-corrected chi connectivity index (χ3v) is 5.03. The second-order valence-corrected chi connectivity index (χ2v) is 7.01. The van der Waals surface area contributed by atoms with Crippen LogP contribution in [0.1, 0.15) is 5.76 Å². The van der Waals surface area contributed by atoms with E-state index in [1.54, 1.807) is 37.5 Å². The van der Waals surface area contributed by atoms with Gasteiger partial charge in [-0.3, -0.25) is 19.8 Å². The minimum Gasteiger partial charge on any atom is -0.457 e. The van der Waals surface area contributed by atoms with Gasteiger partial charge in [0.25, 0.3) is 11.6 Å². The normalized spacial score (nSPS) is 15.9. The van der Waals surface area contributed by atoms with E-state index in [2.05, 4.69) is 0 Å². The number of methoxy groups -OCH3 is 1. The maximum atomic E-state index is 12.4. The Morgan fingerprint density at radius 1 is 1.31 bits per heavy atom. The zero-order valence-electron chi connectivity index (χ0n) is 13.7. The lowest BCUT2D eigenvalue weighted by Crippen LogP contribution is -2.31. The summed E-state index contributed by atoms with van der Waals surface area (Å²) in [5, 5.41) is 10.7. The lowest BCUT2D eigenvalue weighted by molar-refractivity contribution is -0.384. The van der Waals surface area contributed by atoms with E-state index in [4.69, 9.17) is 21.4 Å². The van der Waals surface area contributed by atoms with E-state index in [1.165, 1.54) is 28.8 Å². The monoisotopic (exact) mass is 390 g/mol. The van der Waals surface area contributed by atoms with E-state index in [0.717, 1.165) is 0 Å². The molecule has 1 saturated heterocycles. The summed E-state index contributed by atoms with van der Waals surface area (Å²) in [6.07, 6.45) is 1.64. The van der Waals surface area contributed by atoms with Gasteiger partial charge in [0, 0.05) is 30.9 Å². The maximum Gasteiger partial charge on any atom is 0.269 e. The lowest BCUT2D eigenvalue weighted by atomic mass is 10.1. The molecule has 0 saturated carbocycles. The molecule has 0 spiro atoms. The van der Waals surface area contributed by atoms with Crippen molar-refractivity contribution in [1.82, 2.24) is 4.90 Å². The van der Waals surface area contributed by atoms with Crippen molar-refractivity contribution in [1.29, 1.82) is 0 Å². The maximum absolute atomic E-state index is 12.4. The first-order chi connectivity index (χ1) is 12.5. The van der Waals surface area contributed by atoms with Gasteiger partial charge in [0.2, 0.25) is 0 Å². The Kier molecular flexibility index (Phi) is 5.50. The highest BCUT2D eigenvalue weighted by molar-refractivity contribution is 8.26. The van der Waals surface area contributed by atoms with Crippen LogP contribution in [0.5, 0.6) is 0 Å². The summed E-state index contributed by atoms with van der Waals surface area (Å²) in [5.74, 6) is 0.886. The first-order valence-electron chi connectivity index (χ1n) is 7.58. The average Bonchev–Trinajstić information content (AvgIpc) is 3.19. The minimum atomic E-state index is -0.455. The molecule has 0 aliphatic carbocycles. The highest BCUT2D eigenvalue weighted by atomic mass is 32.2. The number of hydrogen-bond acceptors (Lipinski definition) is 7. The number of hydrogen-bond donors (Lipinski definition) is 0. The number of ether oxygens (including phenoxy) is 1. The van der Waals surface area contributed by atoms with Crippen LogP contribution in [0.4, 0.5) is 5.69 Å². The van der Waals surface area contributed by atoms with Crippen LogP contribution in [0.2, 0.25) is 0 Å². The van der Waals surface area contributed by atoms with E-state index >= 15 is 0 Å². The van der Waals surface area contributed by atoms with Gasteiger partial charge in [-0.2, -0.15) is 0 Å². The zero-order valence-corrected chi connectivity index (χ0v) is 15.3. The van der Waals surface area contributed by atoms with Crippen LogP contribution in [0.3, 0.4) is 0 Å². The molecule has 1 aliphatic rings. The summed E-state index contributed by atoms with van der Waals surface area (Å²) in [4.78, 5) is 24.6. The molecule has 0 radical (unpaired) electrons. The summed E-state index contributed by atoms with van der Waals surface area (Å²) >= 11 is 6.44. The molecule has 0 unspecified atom stereocenters. The van der Waals surface area contributed by atoms with Gasteiger partial charge in [0.1, 0.15) is 15.8 Å². The molecule has 7 nitrogen and oxygen atoms in total. The van der Waals surface area contributed by atoms with Crippen molar-refractivity contribution in [2.45, 2.75) is 0 Å². The standard InChI is InChI=1S/C17H14N2O5S2/c1-23-9-8-18-16(20)15(26-17(18)25)10-13-6-7-14(24-13)11-2-4-12(5-3-11)19(21)22/h2-7,10H,8-9H2,1H3/b15-10-. The van der Waals surface area contributed by atoms with E-state index in [9.17, 15) is 14.9 Å². The summed E-state index contributed by atoms with van der Waals surface area (Å²) < 4.78 is 11.2. The van der Waals surface area contributed by atoms with Crippen molar-refractivity contribution in [3.05, 3.63) is 57.2 Å². The second kappa shape index (κ2) is 7.81. The molecule has 26 heavy (non-hydrogen) atoms. The molecule has 1 aromatic heterocycles. The number of nitro benzene ring substituents is 1. The molecule has 0 bridgehead atoms. The molecule has 3 rings (SSSR count). The molecule has 1 fully saturated rings. The largest absolute Gasteiger partial charge is 0.457 e. The number of amides is 1. The average molecular weight is 390 g/mol. The fraction of sp³-hybridized carbons (Fsp3) is 0.176. The van der Waals surface area contributed by atoms with Crippen molar-refractivity contribution >= 4 is 46.0 Å². The molecule has 1 aromatic carbocycles. The van der Waals surface area contributed by atoms with Crippen LogP contribution in [-0.2, 0) is 9.53 Å². The SMILES string of the molecule is COCCN1C(=O)/C(=C/c2ccc(-c3ccc([N+](=O)[O-])cc3)o2)SC1=S. The summed E-state index contributed by atoms with van der Waals surface area (Å²) in [5.41, 5.74) is 0.725. The van der Waals surface area contributed by atoms with Gasteiger partial charge >= 0.3 is 0 Å². The van der Waals surface area contributed by atoms with Crippen LogP contribution in [0, 0.1) is 10.1 Å². The molecular weight excluding hydrogens is 376 g/mol. The Hall–Kier alpha value is -2.49. The van der Waals surface area contributed by atoms with Crippen molar-refractivity contribution in [3.8, 4) is 11.3 Å². The van der Waals surface area contributed by atoms with Gasteiger partial charge in [0.05, 0.1) is 23.0 Å². The molecule has 0 atom stereocenters. The number of thioether (sulfide) groups is 1. The number of nitro groups is 1. The smallest absolute Gasteiger partial charge is 0.269 e. The Morgan fingerprint density at radius 3 is 2.69 bits per heavy atom. The number of non-ortho nitro benzene ring substituents is 1. The number of rotatable bonds is 6. The van der Waals surface area contributed by atoms with Crippen LogP contribution in [-0.4, -0.2) is 40.3 Å². The molecule has 2 aromatic rings. The highest BCUT2D eigenvalue weighted by Crippen LogP contribution is 2.33. The molecule has 0 N–H and O–H groups in total.